The Labute approximate surface area is 110 Å². The lowest BCUT2D eigenvalue weighted by molar-refractivity contribution is -0.281. The van der Waals surface area contributed by atoms with Crippen LogP contribution in [0.3, 0.4) is 0 Å². The number of carbonyl (C=O) groups excluding carboxylic acids is 1. The summed E-state index contributed by atoms with van der Waals surface area (Å²) in [4.78, 5) is 14.1. The van der Waals surface area contributed by atoms with Crippen LogP contribution in [0.15, 0.2) is 16.8 Å². The highest BCUT2D eigenvalue weighted by Crippen LogP contribution is 2.31. The van der Waals surface area contributed by atoms with Crippen molar-refractivity contribution in [3.05, 3.63) is 22.4 Å². The molecule has 5 heteroatoms. The number of ether oxygens (including phenoxy) is 2. The van der Waals surface area contributed by atoms with Crippen LogP contribution in [0.25, 0.3) is 0 Å². The number of likely N-dealkylation sites (tertiary alicyclic amines) is 1. The summed E-state index contributed by atoms with van der Waals surface area (Å²) in [5.41, 5.74) is 0.793. The molecule has 1 aromatic heterocycles. The third-order valence-electron chi connectivity index (χ3n) is 3.60. The normalized spacial score (nSPS) is 23.2. The van der Waals surface area contributed by atoms with Crippen LogP contribution >= 0.6 is 11.3 Å². The van der Waals surface area contributed by atoms with Gasteiger partial charge in [-0.15, -0.1) is 0 Å². The fourth-order valence-electron chi connectivity index (χ4n) is 2.52. The second kappa shape index (κ2) is 4.99. The van der Waals surface area contributed by atoms with Gasteiger partial charge in [-0.1, -0.05) is 0 Å². The van der Waals surface area contributed by atoms with E-state index in [0.29, 0.717) is 13.1 Å². The van der Waals surface area contributed by atoms with Gasteiger partial charge >= 0.3 is 0 Å². The molecular weight excluding hydrogens is 250 g/mol. The summed E-state index contributed by atoms with van der Waals surface area (Å²) < 4.78 is 11.5. The maximum atomic E-state index is 12.2. The number of rotatable bonds is 1. The molecule has 0 radical (unpaired) electrons. The molecule has 2 aliphatic rings. The van der Waals surface area contributed by atoms with Gasteiger partial charge in [-0.3, -0.25) is 4.79 Å². The zero-order chi connectivity index (χ0) is 12.4. The molecule has 0 atom stereocenters. The van der Waals surface area contributed by atoms with Crippen molar-refractivity contribution in [1.82, 2.24) is 4.90 Å². The largest absolute Gasteiger partial charge is 0.350 e. The summed E-state index contributed by atoms with van der Waals surface area (Å²) in [5.74, 6) is -0.286. The lowest BCUT2D eigenvalue weighted by Gasteiger charge is -2.43. The molecule has 3 heterocycles. The van der Waals surface area contributed by atoms with E-state index in [9.17, 15) is 4.79 Å². The summed E-state index contributed by atoms with van der Waals surface area (Å²) in [6, 6.07) is 1.88. The van der Waals surface area contributed by atoms with Crippen molar-refractivity contribution in [3.63, 3.8) is 0 Å². The third kappa shape index (κ3) is 2.30. The average Bonchev–Trinajstić information content (AvgIpc) is 2.94. The van der Waals surface area contributed by atoms with Crippen LogP contribution in [0.4, 0.5) is 0 Å². The van der Waals surface area contributed by atoms with E-state index in [1.807, 2.05) is 21.7 Å². The molecule has 1 amide bonds. The fourth-order valence-corrected chi connectivity index (χ4v) is 3.15. The number of hydrogen-bond acceptors (Lipinski definition) is 4. The average molecular weight is 267 g/mol. The van der Waals surface area contributed by atoms with E-state index < -0.39 is 5.79 Å². The molecule has 0 bridgehead atoms. The van der Waals surface area contributed by atoms with Gasteiger partial charge in [0.05, 0.1) is 18.8 Å². The number of nitrogens with zero attached hydrogens (tertiary/aromatic N) is 1. The molecule has 0 aliphatic carbocycles. The topological polar surface area (TPSA) is 38.8 Å². The molecule has 0 N–H and O–H groups in total. The first-order valence-corrected chi connectivity index (χ1v) is 7.33. The van der Waals surface area contributed by atoms with Crippen LogP contribution in [0, 0.1) is 0 Å². The first-order valence-electron chi connectivity index (χ1n) is 6.38. The Bertz CT molecular complexity index is 402. The van der Waals surface area contributed by atoms with Gasteiger partial charge < -0.3 is 14.4 Å². The molecule has 1 aromatic rings. The summed E-state index contributed by atoms with van der Waals surface area (Å²) in [5, 5.41) is 3.84. The fraction of sp³-hybridized carbons (Fsp3) is 0.615. The minimum Gasteiger partial charge on any atom is -0.350 e. The van der Waals surface area contributed by atoms with Gasteiger partial charge in [0.1, 0.15) is 0 Å². The van der Waals surface area contributed by atoms with Crippen molar-refractivity contribution in [3.8, 4) is 0 Å². The van der Waals surface area contributed by atoms with E-state index in [-0.39, 0.29) is 5.91 Å². The number of piperidine rings is 1. The molecular formula is C13H17NO3S. The van der Waals surface area contributed by atoms with Gasteiger partial charge in [0.25, 0.3) is 5.91 Å². The molecule has 0 saturated carbocycles. The van der Waals surface area contributed by atoms with Crippen LogP contribution in [-0.2, 0) is 9.47 Å². The van der Waals surface area contributed by atoms with E-state index in [1.165, 1.54) is 0 Å². The van der Waals surface area contributed by atoms with Crippen molar-refractivity contribution in [2.75, 3.05) is 26.3 Å². The standard InChI is InChI=1S/C13H17NO3S/c15-12(11-2-9-18-10-11)14-5-3-13(4-6-14)16-7-1-8-17-13/h2,9-10H,1,3-8H2. The Morgan fingerprint density at radius 1 is 1.28 bits per heavy atom. The Kier molecular flexibility index (Phi) is 3.37. The Morgan fingerprint density at radius 2 is 2.00 bits per heavy atom. The van der Waals surface area contributed by atoms with Crippen molar-refractivity contribution in [2.24, 2.45) is 0 Å². The lowest BCUT2D eigenvalue weighted by atomic mass is 10.0. The predicted molar refractivity (Wildman–Crippen MR) is 68.7 cm³/mol. The molecule has 0 unspecified atom stereocenters. The van der Waals surface area contributed by atoms with Gasteiger partial charge in [0.15, 0.2) is 5.79 Å². The first-order chi connectivity index (χ1) is 8.79. The Balaban J connectivity index is 1.61. The van der Waals surface area contributed by atoms with E-state index in [0.717, 1.165) is 38.0 Å². The van der Waals surface area contributed by atoms with Crippen LogP contribution in [0.5, 0.6) is 0 Å². The third-order valence-corrected chi connectivity index (χ3v) is 4.28. The molecule has 4 nitrogen and oxygen atoms in total. The second-order valence-corrected chi connectivity index (χ2v) is 5.55. The maximum Gasteiger partial charge on any atom is 0.254 e. The van der Waals surface area contributed by atoms with E-state index in [4.69, 9.17) is 9.47 Å². The number of amides is 1. The van der Waals surface area contributed by atoms with Crippen molar-refractivity contribution in [2.45, 2.75) is 25.0 Å². The molecule has 3 rings (SSSR count). The molecule has 98 valence electrons. The minimum absolute atomic E-state index is 0.127. The number of thiophene rings is 1. The zero-order valence-electron chi connectivity index (χ0n) is 10.3. The number of carbonyl (C=O) groups is 1. The SMILES string of the molecule is O=C(c1ccsc1)N1CCC2(CC1)OCCCO2. The number of hydrogen-bond donors (Lipinski definition) is 0. The molecule has 0 aromatic carbocycles. The first kappa shape index (κ1) is 12.1. The molecule has 2 aliphatic heterocycles. The highest BCUT2D eigenvalue weighted by atomic mass is 32.1. The second-order valence-electron chi connectivity index (χ2n) is 4.77. The van der Waals surface area contributed by atoms with Gasteiger partial charge in [-0.2, -0.15) is 11.3 Å². The van der Waals surface area contributed by atoms with Crippen molar-refractivity contribution in [1.29, 1.82) is 0 Å². The molecule has 2 saturated heterocycles. The highest BCUT2D eigenvalue weighted by Gasteiger charge is 2.39. The predicted octanol–water partition coefficient (Wildman–Crippen LogP) is 2.12. The summed E-state index contributed by atoms with van der Waals surface area (Å²) in [6.07, 6.45) is 2.53. The smallest absolute Gasteiger partial charge is 0.254 e. The van der Waals surface area contributed by atoms with E-state index in [1.54, 1.807) is 11.3 Å². The van der Waals surface area contributed by atoms with Gasteiger partial charge in [0, 0.05) is 31.3 Å². The van der Waals surface area contributed by atoms with Crippen LogP contribution in [-0.4, -0.2) is 42.9 Å². The van der Waals surface area contributed by atoms with Gasteiger partial charge in [0.2, 0.25) is 0 Å². The quantitative estimate of drug-likeness (QED) is 0.782. The highest BCUT2D eigenvalue weighted by molar-refractivity contribution is 7.08. The van der Waals surface area contributed by atoms with E-state index in [2.05, 4.69) is 0 Å². The lowest BCUT2D eigenvalue weighted by Crippen LogP contribution is -2.51. The maximum absolute atomic E-state index is 12.2. The van der Waals surface area contributed by atoms with Crippen LogP contribution < -0.4 is 0 Å². The Morgan fingerprint density at radius 3 is 2.61 bits per heavy atom. The summed E-state index contributed by atoms with van der Waals surface area (Å²) >= 11 is 1.56. The zero-order valence-corrected chi connectivity index (χ0v) is 11.1. The van der Waals surface area contributed by atoms with Crippen LogP contribution in [0.1, 0.15) is 29.6 Å². The summed E-state index contributed by atoms with van der Waals surface area (Å²) in [7, 11) is 0. The monoisotopic (exact) mass is 267 g/mol. The Hall–Kier alpha value is -0.910. The van der Waals surface area contributed by atoms with Gasteiger partial charge in [-0.25, -0.2) is 0 Å². The molecule has 2 fully saturated rings. The van der Waals surface area contributed by atoms with Crippen molar-refractivity contribution >= 4 is 17.2 Å². The molecule has 18 heavy (non-hydrogen) atoms. The van der Waals surface area contributed by atoms with E-state index >= 15 is 0 Å². The summed E-state index contributed by atoms with van der Waals surface area (Å²) in [6.45, 7) is 2.99. The minimum atomic E-state index is -0.413. The van der Waals surface area contributed by atoms with Gasteiger partial charge in [-0.05, 0) is 17.9 Å². The molecule has 1 spiro atoms. The van der Waals surface area contributed by atoms with Crippen LogP contribution in [0.2, 0.25) is 0 Å². The van der Waals surface area contributed by atoms with Crippen molar-refractivity contribution < 1.29 is 14.3 Å².